The summed E-state index contributed by atoms with van der Waals surface area (Å²) in [6.07, 6.45) is 0. The fourth-order valence-electron chi connectivity index (χ4n) is 1.95. The summed E-state index contributed by atoms with van der Waals surface area (Å²) in [5.74, 6) is 2.00. The number of aromatic nitrogens is 3. The quantitative estimate of drug-likeness (QED) is 0.657. The average Bonchev–Trinajstić information content (AvgIpc) is 2.57. The largest absolute Gasteiger partial charge is 0.333 e. The molecule has 88 valence electrons. The Morgan fingerprint density at radius 1 is 1.25 bits per heavy atom. The van der Waals surface area contributed by atoms with Gasteiger partial charge in [0, 0.05) is 18.5 Å². The van der Waals surface area contributed by atoms with Crippen LogP contribution in [0.4, 0.5) is 0 Å². The zero-order chi connectivity index (χ0) is 11.9. The van der Waals surface area contributed by atoms with Gasteiger partial charge in [0.25, 0.3) is 0 Å². The minimum atomic E-state index is -0.322. The van der Waals surface area contributed by atoms with Gasteiger partial charge in [0.15, 0.2) is 5.82 Å². The lowest BCUT2D eigenvalue weighted by Gasteiger charge is -2.32. The molecule has 0 bridgehead atoms. The van der Waals surface area contributed by atoms with Gasteiger partial charge in [-0.2, -0.15) is 0 Å². The van der Waals surface area contributed by atoms with E-state index in [1.165, 1.54) is 0 Å². The Labute approximate surface area is 95.5 Å². The summed E-state index contributed by atoms with van der Waals surface area (Å²) in [4.78, 5) is 14.0. The number of rotatable bonds is 0. The van der Waals surface area contributed by atoms with Crippen molar-refractivity contribution in [1.82, 2.24) is 19.7 Å². The Bertz CT molecular complexity index is 416. The third-order valence-electron chi connectivity index (χ3n) is 2.87. The van der Waals surface area contributed by atoms with Crippen molar-refractivity contribution in [3.8, 4) is 0 Å². The Morgan fingerprint density at radius 3 is 2.56 bits per heavy atom. The number of hydrogen-bond acceptors (Lipinski definition) is 3. The molecule has 2 heterocycles. The first kappa shape index (κ1) is 11.1. The van der Waals surface area contributed by atoms with Gasteiger partial charge in [0.2, 0.25) is 5.91 Å². The molecule has 0 fully saturated rings. The third-order valence-corrected chi connectivity index (χ3v) is 2.87. The van der Waals surface area contributed by atoms with Crippen LogP contribution < -0.4 is 0 Å². The maximum absolute atomic E-state index is 12.1. The molecule has 0 saturated heterocycles. The molecular formula is C11H18N4O. The van der Waals surface area contributed by atoms with Gasteiger partial charge in [0.05, 0.1) is 6.54 Å². The van der Waals surface area contributed by atoms with Crippen molar-refractivity contribution < 1.29 is 4.79 Å². The van der Waals surface area contributed by atoms with Crippen LogP contribution in [0.15, 0.2) is 0 Å². The molecule has 1 aliphatic rings. The molecule has 1 amide bonds. The maximum atomic E-state index is 12.1. The van der Waals surface area contributed by atoms with Gasteiger partial charge in [-0.05, 0) is 6.92 Å². The van der Waals surface area contributed by atoms with Gasteiger partial charge in [-0.25, -0.2) is 0 Å². The molecule has 0 radical (unpaired) electrons. The van der Waals surface area contributed by atoms with Gasteiger partial charge in [-0.3, -0.25) is 4.79 Å². The molecule has 0 aromatic carbocycles. The van der Waals surface area contributed by atoms with E-state index in [1.807, 2.05) is 32.6 Å². The Hall–Kier alpha value is -1.39. The molecule has 1 aromatic rings. The monoisotopic (exact) mass is 222 g/mol. The predicted molar refractivity (Wildman–Crippen MR) is 59.6 cm³/mol. The number of carbonyl (C=O) groups is 1. The summed E-state index contributed by atoms with van der Waals surface area (Å²) >= 11 is 0. The molecule has 1 aromatic heterocycles. The molecule has 0 unspecified atom stereocenters. The maximum Gasteiger partial charge on any atom is 0.228 e. The van der Waals surface area contributed by atoms with E-state index in [4.69, 9.17) is 0 Å². The molecule has 2 rings (SSSR count). The van der Waals surface area contributed by atoms with E-state index in [1.54, 1.807) is 0 Å². The number of nitrogens with zero attached hydrogens (tertiary/aromatic N) is 4. The normalized spacial score (nSPS) is 16.1. The fourth-order valence-corrected chi connectivity index (χ4v) is 1.95. The lowest BCUT2D eigenvalue weighted by molar-refractivity contribution is -0.141. The highest BCUT2D eigenvalue weighted by atomic mass is 16.2. The Morgan fingerprint density at radius 2 is 1.94 bits per heavy atom. The van der Waals surface area contributed by atoms with Gasteiger partial charge >= 0.3 is 0 Å². The minimum absolute atomic E-state index is 0.180. The number of hydrogen-bond donors (Lipinski definition) is 0. The molecule has 0 atom stereocenters. The van der Waals surface area contributed by atoms with Gasteiger partial charge in [0.1, 0.15) is 5.82 Å². The number of carbonyl (C=O) groups excluding carboxylic acids is 1. The molecular weight excluding hydrogens is 204 g/mol. The summed E-state index contributed by atoms with van der Waals surface area (Å²) < 4.78 is 2.08. The summed E-state index contributed by atoms with van der Waals surface area (Å²) in [6, 6.07) is 0. The SMILES string of the molecule is Cc1nnc2n1CCN(C(=O)C(C)(C)C)C2. The Balaban J connectivity index is 2.17. The molecule has 0 saturated carbocycles. The van der Waals surface area contributed by atoms with Gasteiger partial charge < -0.3 is 9.47 Å². The predicted octanol–water partition coefficient (Wildman–Crippen LogP) is 0.975. The van der Waals surface area contributed by atoms with Crippen molar-refractivity contribution in [3.63, 3.8) is 0 Å². The number of aryl methyl sites for hydroxylation is 1. The first-order chi connectivity index (χ1) is 7.39. The van der Waals surface area contributed by atoms with E-state index in [0.29, 0.717) is 6.54 Å². The van der Waals surface area contributed by atoms with Crippen molar-refractivity contribution in [2.45, 2.75) is 40.8 Å². The molecule has 5 nitrogen and oxygen atoms in total. The molecule has 1 aliphatic heterocycles. The first-order valence-corrected chi connectivity index (χ1v) is 5.57. The minimum Gasteiger partial charge on any atom is -0.333 e. The van der Waals surface area contributed by atoms with Crippen LogP contribution in [0.25, 0.3) is 0 Å². The van der Waals surface area contributed by atoms with Crippen LogP contribution in [0.3, 0.4) is 0 Å². The van der Waals surface area contributed by atoms with Crippen LogP contribution in [0, 0.1) is 12.3 Å². The highest BCUT2D eigenvalue weighted by Gasteiger charge is 2.30. The summed E-state index contributed by atoms with van der Waals surface area (Å²) in [5, 5.41) is 8.12. The highest BCUT2D eigenvalue weighted by Crippen LogP contribution is 2.21. The van der Waals surface area contributed by atoms with Crippen molar-refractivity contribution in [3.05, 3.63) is 11.6 Å². The van der Waals surface area contributed by atoms with Crippen molar-refractivity contribution >= 4 is 5.91 Å². The smallest absolute Gasteiger partial charge is 0.228 e. The number of fused-ring (bicyclic) bond motifs is 1. The zero-order valence-corrected chi connectivity index (χ0v) is 10.3. The molecule has 0 aliphatic carbocycles. The van der Waals surface area contributed by atoms with E-state index >= 15 is 0 Å². The van der Waals surface area contributed by atoms with E-state index in [2.05, 4.69) is 14.8 Å². The second kappa shape index (κ2) is 3.57. The van der Waals surface area contributed by atoms with Crippen LogP contribution in [-0.2, 0) is 17.9 Å². The van der Waals surface area contributed by atoms with Crippen LogP contribution in [0.5, 0.6) is 0 Å². The van der Waals surface area contributed by atoms with E-state index in [9.17, 15) is 4.79 Å². The van der Waals surface area contributed by atoms with Crippen molar-refractivity contribution in [1.29, 1.82) is 0 Å². The van der Waals surface area contributed by atoms with Crippen LogP contribution in [-0.4, -0.2) is 32.1 Å². The van der Waals surface area contributed by atoms with Crippen LogP contribution in [0.1, 0.15) is 32.4 Å². The number of amides is 1. The summed E-state index contributed by atoms with van der Waals surface area (Å²) in [7, 11) is 0. The standard InChI is InChI=1S/C11H18N4O/c1-8-12-13-9-7-14(5-6-15(8)9)10(16)11(2,3)4/h5-7H2,1-4H3. The fraction of sp³-hybridized carbons (Fsp3) is 0.727. The summed E-state index contributed by atoms with van der Waals surface area (Å²) in [5.41, 5.74) is -0.322. The molecule has 0 spiro atoms. The van der Waals surface area contributed by atoms with Crippen molar-refractivity contribution in [2.24, 2.45) is 5.41 Å². The molecule has 16 heavy (non-hydrogen) atoms. The van der Waals surface area contributed by atoms with E-state index < -0.39 is 0 Å². The second-order valence-electron chi connectivity index (χ2n) is 5.29. The lowest BCUT2D eigenvalue weighted by Crippen LogP contribution is -2.44. The van der Waals surface area contributed by atoms with Gasteiger partial charge in [-0.1, -0.05) is 20.8 Å². The topological polar surface area (TPSA) is 51.0 Å². The van der Waals surface area contributed by atoms with Crippen LogP contribution >= 0.6 is 0 Å². The van der Waals surface area contributed by atoms with E-state index in [-0.39, 0.29) is 11.3 Å². The lowest BCUT2D eigenvalue weighted by atomic mass is 9.94. The van der Waals surface area contributed by atoms with Crippen LogP contribution in [0.2, 0.25) is 0 Å². The Kier molecular flexibility index (Phi) is 2.48. The summed E-state index contributed by atoms with van der Waals surface area (Å²) in [6.45, 7) is 9.91. The second-order valence-corrected chi connectivity index (χ2v) is 5.29. The third kappa shape index (κ3) is 1.81. The highest BCUT2D eigenvalue weighted by molar-refractivity contribution is 5.81. The van der Waals surface area contributed by atoms with Gasteiger partial charge in [-0.15, -0.1) is 10.2 Å². The van der Waals surface area contributed by atoms with Crippen molar-refractivity contribution in [2.75, 3.05) is 6.54 Å². The molecule has 0 N–H and O–H groups in total. The first-order valence-electron chi connectivity index (χ1n) is 5.57. The zero-order valence-electron chi connectivity index (χ0n) is 10.3. The average molecular weight is 222 g/mol. The van der Waals surface area contributed by atoms with E-state index in [0.717, 1.165) is 24.7 Å². The molecule has 5 heteroatoms.